The van der Waals surface area contributed by atoms with E-state index in [0.29, 0.717) is 38.3 Å². The highest BCUT2D eigenvalue weighted by atomic mass is 16.5. The van der Waals surface area contributed by atoms with Crippen molar-refractivity contribution in [1.29, 1.82) is 0 Å². The molecule has 0 aromatic heterocycles. The predicted molar refractivity (Wildman–Crippen MR) is 141 cm³/mol. The van der Waals surface area contributed by atoms with Crippen LogP contribution in [0.3, 0.4) is 0 Å². The van der Waals surface area contributed by atoms with Crippen molar-refractivity contribution >= 4 is 11.9 Å². The van der Waals surface area contributed by atoms with E-state index >= 15 is 0 Å². The maximum atomic E-state index is 13.8. The molecule has 4 rings (SSSR count). The average Bonchev–Trinajstić information content (AvgIpc) is 3.07. The molecule has 3 amide bonds. The Balaban J connectivity index is 1.44. The lowest BCUT2D eigenvalue weighted by atomic mass is 9.83. The SMILES string of the molecule is C=C(C)[C@@H]1CC=C(CN2CCC3(CC2)C(=O)N(Cc2ccc(OC)cc2)C(=O)N3CCCOC)CC1. The monoisotopic (exact) mass is 495 g/mol. The van der Waals surface area contributed by atoms with E-state index in [2.05, 4.69) is 24.5 Å². The van der Waals surface area contributed by atoms with Crippen LogP contribution >= 0.6 is 0 Å². The number of methoxy groups -OCH3 is 2. The van der Waals surface area contributed by atoms with Crippen LogP contribution in [0.25, 0.3) is 0 Å². The zero-order valence-electron chi connectivity index (χ0n) is 22.1. The van der Waals surface area contributed by atoms with E-state index < -0.39 is 5.54 Å². The number of hydrogen-bond acceptors (Lipinski definition) is 5. The number of benzene rings is 1. The fourth-order valence-electron chi connectivity index (χ4n) is 5.84. The summed E-state index contributed by atoms with van der Waals surface area (Å²) in [6.45, 7) is 10.2. The summed E-state index contributed by atoms with van der Waals surface area (Å²) in [5.74, 6) is 1.31. The van der Waals surface area contributed by atoms with Gasteiger partial charge < -0.3 is 14.4 Å². The second-order valence-electron chi connectivity index (χ2n) is 10.5. The zero-order valence-corrected chi connectivity index (χ0v) is 22.1. The second-order valence-corrected chi connectivity index (χ2v) is 10.5. The molecule has 2 saturated heterocycles. The van der Waals surface area contributed by atoms with Crippen LogP contribution in [0.4, 0.5) is 4.79 Å². The maximum Gasteiger partial charge on any atom is 0.327 e. The number of rotatable bonds is 10. The van der Waals surface area contributed by atoms with Gasteiger partial charge in [-0.05, 0) is 69.1 Å². The molecule has 1 spiro atoms. The Morgan fingerprint density at radius 2 is 1.83 bits per heavy atom. The van der Waals surface area contributed by atoms with E-state index in [1.165, 1.54) is 22.5 Å². The summed E-state index contributed by atoms with van der Waals surface area (Å²) < 4.78 is 10.5. The van der Waals surface area contributed by atoms with Gasteiger partial charge in [-0.25, -0.2) is 4.79 Å². The van der Waals surface area contributed by atoms with Crippen molar-refractivity contribution in [3.63, 3.8) is 0 Å². The van der Waals surface area contributed by atoms with Gasteiger partial charge in [0, 0.05) is 39.9 Å². The summed E-state index contributed by atoms with van der Waals surface area (Å²) in [5.41, 5.74) is 2.94. The fraction of sp³-hybridized carbons (Fsp3) is 0.586. The van der Waals surface area contributed by atoms with Crippen LogP contribution in [-0.4, -0.2) is 79.2 Å². The van der Waals surface area contributed by atoms with Crippen LogP contribution in [0.2, 0.25) is 0 Å². The molecule has 36 heavy (non-hydrogen) atoms. The Morgan fingerprint density at radius 1 is 1.11 bits per heavy atom. The van der Waals surface area contributed by atoms with E-state index in [1.807, 2.05) is 29.2 Å². The van der Waals surface area contributed by atoms with Crippen molar-refractivity contribution in [2.24, 2.45) is 5.92 Å². The summed E-state index contributed by atoms with van der Waals surface area (Å²) in [6, 6.07) is 7.38. The molecule has 0 bridgehead atoms. The van der Waals surface area contributed by atoms with Gasteiger partial charge in [0.1, 0.15) is 11.3 Å². The standard InChI is InChI=1S/C29H41N3O4/c1-22(2)25-10-6-23(7-11-25)20-30-17-14-29(15-18-30)27(33)31(28(34)32(29)16-5-19-35-3)21-24-8-12-26(36-4)13-9-24/h6,8-9,12-13,25H,1,5,7,10-11,14-21H2,2-4H3/t25-/m1/s1. The largest absolute Gasteiger partial charge is 0.497 e. The quantitative estimate of drug-likeness (QED) is 0.269. The average molecular weight is 496 g/mol. The third-order valence-corrected chi connectivity index (χ3v) is 8.16. The Labute approximate surface area is 215 Å². The first-order chi connectivity index (χ1) is 17.4. The minimum Gasteiger partial charge on any atom is -0.497 e. The molecule has 2 fully saturated rings. The van der Waals surface area contributed by atoms with E-state index in [0.717, 1.165) is 43.8 Å². The number of hydrogen-bond donors (Lipinski definition) is 0. The highest BCUT2D eigenvalue weighted by Gasteiger charge is 2.57. The first-order valence-electron chi connectivity index (χ1n) is 13.2. The molecule has 1 aromatic carbocycles. The molecule has 7 heteroatoms. The number of carbonyl (C=O) groups is 2. The zero-order chi connectivity index (χ0) is 25.7. The Bertz CT molecular complexity index is 979. The first kappa shape index (κ1) is 26.4. The molecule has 2 aliphatic heterocycles. The molecule has 1 atom stereocenters. The summed E-state index contributed by atoms with van der Waals surface area (Å²) in [5, 5.41) is 0. The number of ether oxygens (including phenoxy) is 2. The van der Waals surface area contributed by atoms with Crippen molar-refractivity contribution in [3.8, 4) is 5.75 Å². The van der Waals surface area contributed by atoms with Crippen molar-refractivity contribution in [1.82, 2.24) is 14.7 Å². The molecule has 1 aliphatic carbocycles. The second kappa shape index (κ2) is 11.6. The first-order valence-corrected chi connectivity index (χ1v) is 13.2. The molecule has 0 N–H and O–H groups in total. The van der Waals surface area contributed by atoms with Gasteiger partial charge in [0.25, 0.3) is 5.91 Å². The lowest BCUT2D eigenvalue weighted by Gasteiger charge is -2.42. The Hall–Kier alpha value is -2.64. The van der Waals surface area contributed by atoms with Crippen LogP contribution in [0, 0.1) is 5.92 Å². The molecule has 0 saturated carbocycles. The van der Waals surface area contributed by atoms with Crippen molar-refractivity contribution in [3.05, 3.63) is 53.6 Å². The highest BCUT2D eigenvalue weighted by Crippen LogP contribution is 2.39. The van der Waals surface area contributed by atoms with Crippen LogP contribution in [0.15, 0.2) is 48.1 Å². The summed E-state index contributed by atoms with van der Waals surface area (Å²) in [4.78, 5) is 33.1. The number of nitrogens with zero attached hydrogens (tertiary/aromatic N) is 3. The van der Waals surface area contributed by atoms with Crippen LogP contribution in [0.1, 0.15) is 51.0 Å². The number of imide groups is 1. The summed E-state index contributed by atoms with van der Waals surface area (Å²) >= 11 is 0. The van der Waals surface area contributed by atoms with Crippen LogP contribution in [0.5, 0.6) is 5.75 Å². The topological polar surface area (TPSA) is 62.3 Å². The number of carbonyl (C=O) groups excluding carboxylic acids is 2. The normalized spacial score (nSPS) is 22.3. The lowest BCUT2D eigenvalue weighted by molar-refractivity contribution is -0.136. The number of piperidine rings is 1. The molecule has 196 valence electrons. The maximum absolute atomic E-state index is 13.8. The van der Waals surface area contributed by atoms with Gasteiger partial charge in [0.05, 0.1) is 13.7 Å². The number of allylic oxidation sites excluding steroid dienone is 2. The summed E-state index contributed by atoms with van der Waals surface area (Å²) in [6.07, 6.45) is 7.84. The van der Waals surface area contributed by atoms with Crippen molar-refractivity contribution in [2.75, 3.05) is 47.0 Å². The van der Waals surface area contributed by atoms with Gasteiger partial charge in [-0.1, -0.05) is 35.9 Å². The minimum absolute atomic E-state index is 0.0541. The van der Waals surface area contributed by atoms with Gasteiger partial charge in [0.15, 0.2) is 0 Å². The van der Waals surface area contributed by atoms with Crippen molar-refractivity contribution in [2.45, 2.75) is 57.5 Å². The van der Waals surface area contributed by atoms with Gasteiger partial charge in [-0.15, -0.1) is 0 Å². The molecular weight excluding hydrogens is 454 g/mol. The van der Waals surface area contributed by atoms with Crippen molar-refractivity contribution < 1.29 is 19.1 Å². The number of amides is 3. The van der Waals surface area contributed by atoms with Gasteiger partial charge in [-0.3, -0.25) is 14.6 Å². The Kier molecular flexibility index (Phi) is 8.52. The fourth-order valence-corrected chi connectivity index (χ4v) is 5.84. The number of likely N-dealkylation sites (tertiary alicyclic amines) is 1. The van der Waals surface area contributed by atoms with E-state index in [9.17, 15) is 9.59 Å². The van der Waals surface area contributed by atoms with Crippen LogP contribution < -0.4 is 4.74 Å². The number of urea groups is 1. The molecule has 2 heterocycles. The minimum atomic E-state index is -0.750. The highest BCUT2D eigenvalue weighted by molar-refractivity contribution is 6.07. The predicted octanol–water partition coefficient (Wildman–Crippen LogP) is 4.63. The molecule has 0 unspecified atom stereocenters. The summed E-state index contributed by atoms with van der Waals surface area (Å²) in [7, 11) is 3.29. The molecular formula is C29H41N3O4. The van der Waals surface area contributed by atoms with E-state index in [4.69, 9.17) is 9.47 Å². The van der Waals surface area contributed by atoms with E-state index in [1.54, 1.807) is 14.2 Å². The molecule has 7 nitrogen and oxygen atoms in total. The van der Waals surface area contributed by atoms with Crippen LogP contribution in [-0.2, 0) is 16.1 Å². The molecule has 1 aromatic rings. The van der Waals surface area contributed by atoms with Gasteiger partial charge in [-0.2, -0.15) is 0 Å². The van der Waals surface area contributed by atoms with Gasteiger partial charge in [0.2, 0.25) is 0 Å². The third kappa shape index (κ3) is 5.52. The lowest BCUT2D eigenvalue weighted by Crippen LogP contribution is -2.57. The third-order valence-electron chi connectivity index (χ3n) is 8.16. The van der Waals surface area contributed by atoms with Gasteiger partial charge >= 0.3 is 6.03 Å². The molecule has 3 aliphatic rings. The Morgan fingerprint density at radius 3 is 2.42 bits per heavy atom. The smallest absolute Gasteiger partial charge is 0.327 e. The van der Waals surface area contributed by atoms with E-state index in [-0.39, 0.29) is 18.5 Å². The molecule has 0 radical (unpaired) electrons.